The van der Waals surface area contributed by atoms with Gasteiger partial charge in [0.05, 0.1) is 6.54 Å². The van der Waals surface area contributed by atoms with Crippen molar-refractivity contribution in [2.45, 2.75) is 129 Å². The Morgan fingerprint density at radius 2 is 0.867 bits per heavy atom. The highest BCUT2D eigenvalue weighted by Crippen LogP contribution is 2.23. The molecule has 0 unspecified atom stereocenters. The van der Waals surface area contributed by atoms with Crippen LogP contribution in [0, 0.1) is 5.41 Å². The van der Waals surface area contributed by atoms with Crippen molar-refractivity contribution in [2.75, 3.05) is 6.54 Å². The zero-order chi connectivity index (χ0) is 23.5. The summed E-state index contributed by atoms with van der Waals surface area (Å²) in [5.74, 6) is 0. The Bertz CT molecular complexity index is 475. The second-order valence-corrected chi connectivity index (χ2v) is 10.7. The van der Waals surface area contributed by atoms with Gasteiger partial charge in [-0.3, -0.25) is 0 Å². The molecular weight excluding hydrogens is 415 g/mol. The quantitative estimate of drug-likeness (QED) is 0.160. The fraction of sp³-hybridized carbons (Fsp3) is 1.00. The molecule has 184 valence electrons. The molecule has 0 aromatic heterocycles. The Hall–Kier alpha value is -0.340. The van der Waals surface area contributed by atoms with E-state index in [1.807, 2.05) is 0 Å². The molecule has 0 spiro atoms. The number of quaternary nitrogens is 1. The normalized spacial score (nSPS) is 12.5. The van der Waals surface area contributed by atoms with E-state index in [2.05, 4.69) is 26.5 Å². The van der Waals surface area contributed by atoms with Crippen LogP contribution in [0.15, 0.2) is 0 Å². The average Bonchev–Trinajstić information content (AvgIpc) is 2.59. The summed E-state index contributed by atoms with van der Waals surface area (Å²) in [6.07, 6.45) is 23.1. The van der Waals surface area contributed by atoms with Gasteiger partial charge in [-0.15, -0.1) is 0 Å². The van der Waals surface area contributed by atoms with E-state index in [1.165, 1.54) is 103 Å². The van der Waals surface area contributed by atoms with E-state index in [0.717, 1.165) is 6.54 Å². The average molecular weight is 462 g/mol. The summed E-state index contributed by atoms with van der Waals surface area (Å²) < 4.78 is 58.9. The molecule has 0 heterocycles. The third-order valence-corrected chi connectivity index (χ3v) is 5.53. The minimum absolute atomic E-state index is 0.535. The minimum atomic E-state index is -6.09. The standard InChI is InChI=1S/C21H45N.CHF3O3S/c1-21(2,3)19-17-15-13-11-9-7-5-4-6-8-10-12-14-16-18-20-22;2-1(3,4)8(5,6)7/h4-20,22H2,1-3H3;(H,5,6,7). The molecule has 0 radical (unpaired) electrons. The van der Waals surface area contributed by atoms with E-state index in [4.69, 9.17) is 13.0 Å². The number of alkyl halides is 3. The summed E-state index contributed by atoms with van der Waals surface area (Å²) in [5, 5.41) is 0. The molecule has 0 bridgehead atoms. The lowest BCUT2D eigenvalue weighted by Gasteiger charge is -2.17. The zero-order valence-corrected chi connectivity index (χ0v) is 20.3. The van der Waals surface area contributed by atoms with Crippen molar-refractivity contribution in [1.29, 1.82) is 0 Å². The molecule has 4 nitrogen and oxygen atoms in total. The summed E-state index contributed by atoms with van der Waals surface area (Å²) in [4.78, 5) is 0. The third kappa shape index (κ3) is 25.7. The van der Waals surface area contributed by atoms with Gasteiger partial charge in [0, 0.05) is 0 Å². The van der Waals surface area contributed by atoms with Crippen molar-refractivity contribution in [3.8, 4) is 0 Å². The maximum Gasteiger partial charge on any atom is 0.485 e. The molecule has 0 aliphatic heterocycles. The maximum atomic E-state index is 10.7. The van der Waals surface area contributed by atoms with Gasteiger partial charge in [0.25, 0.3) is 0 Å². The molecule has 0 fully saturated rings. The molecule has 3 N–H and O–H groups in total. The van der Waals surface area contributed by atoms with Crippen molar-refractivity contribution in [1.82, 2.24) is 0 Å². The lowest BCUT2D eigenvalue weighted by atomic mass is 9.89. The van der Waals surface area contributed by atoms with E-state index in [1.54, 1.807) is 0 Å². The van der Waals surface area contributed by atoms with Gasteiger partial charge in [0.2, 0.25) is 0 Å². The van der Waals surface area contributed by atoms with Gasteiger partial charge in [-0.25, -0.2) is 8.42 Å². The minimum Gasteiger partial charge on any atom is -0.741 e. The first-order chi connectivity index (χ1) is 13.8. The smallest absolute Gasteiger partial charge is 0.485 e. The fourth-order valence-electron chi connectivity index (χ4n) is 3.13. The largest absolute Gasteiger partial charge is 0.741 e. The summed E-state index contributed by atoms with van der Waals surface area (Å²) in [6, 6.07) is 0. The Morgan fingerprint density at radius 3 is 1.07 bits per heavy atom. The van der Waals surface area contributed by atoms with Crippen LogP contribution in [-0.2, 0) is 10.1 Å². The molecule has 0 saturated heterocycles. The number of hydrogen-bond donors (Lipinski definition) is 1. The van der Waals surface area contributed by atoms with Crippen LogP contribution in [0.4, 0.5) is 13.2 Å². The van der Waals surface area contributed by atoms with Crippen molar-refractivity contribution >= 4 is 10.1 Å². The number of hydrogen-bond acceptors (Lipinski definition) is 3. The van der Waals surface area contributed by atoms with Crippen molar-refractivity contribution in [2.24, 2.45) is 5.41 Å². The van der Waals surface area contributed by atoms with Gasteiger partial charge in [-0.2, -0.15) is 13.2 Å². The summed E-state index contributed by atoms with van der Waals surface area (Å²) in [6.45, 7) is 8.19. The molecule has 0 aromatic carbocycles. The van der Waals surface area contributed by atoms with E-state index < -0.39 is 15.6 Å². The van der Waals surface area contributed by atoms with Crippen LogP contribution < -0.4 is 5.73 Å². The fourth-order valence-corrected chi connectivity index (χ4v) is 3.13. The molecule has 0 aliphatic carbocycles. The topological polar surface area (TPSA) is 84.8 Å². The predicted molar refractivity (Wildman–Crippen MR) is 117 cm³/mol. The van der Waals surface area contributed by atoms with Gasteiger partial charge in [0.1, 0.15) is 0 Å². The van der Waals surface area contributed by atoms with Crippen LogP contribution in [-0.4, -0.2) is 25.0 Å². The Labute approximate surface area is 183 Å². The van der Waals surface area contributed by atoms with Gasteiger partial charge in [0.15, 0.2) is 10.1 Å². The second-order valence-electron chi connectivity index (χ2n) is 9.37. The number of rotatable bonds is 16. The Balaban J connectivity index is 0. The first kappa shape index (κ1) is 31.8. The van der Waals surface area contributed by atoms with Gasteiger partial charge in [-0.1, -0.05) is 104 Å². The molecule has 0 aromatic rings. The highest BCUT2D eigenvalue weighted by atomic mass is 32.2. The predicted octanol–water partition coefficient (Wildman–Crippen LogP) is 6.57. The van der Waals surface area contributed by atoms with E-state index >= 15 is 0 Å². The molecule has 0 rings (SSSR count). The first-order valence-electron chi connectivity index (χ1n) is 11.6. The SMILES string of the molecule is CC(C)(C)CCCCCCCCCCCCCCCCC[NH3+].O=S(=O)([O-])C(F)(F)F. The van der Waals surface area contributed by atoms with Crippen molar-refractivity contribution in [3.63, 3.8) is 0 Å². The van der Waals surface area contributed by atoms with Gasteiger partial charge < -0.3 is 10.3 Å². The summed E-state index contributed by atoms with van der Waals surface area (Å²) >= 11 is 0. The summed E-state index contributed by atoms with van der Waals surface area (Å²) in [7, 11) is -6.09. The van der Waals surface area contributed by atoms with Crippen LogP contribution in [0.5, 0.6) is 0 Å². The monoisotopic (exact) mass is 461 g/mol. The molecule has 0 aliphatic rings. The van der Waals surface area contributed by atoms with Crippen LogP contribution in [0.25, 0.3) is 0 Å². The Kier molecular flexibility index (Phi) is 19.4. The maximum absolute atomic E-state index is 10.7. The molecule has 8 heteroatoms. The van der Waals surface area contributed by atoms with Crippen molar-refractivity contribution < 1.29 is 31.9 Å². The van der Waals surface area contributed by atoms with E-state index in [0.29, 0.717) is 5.41 Å². The van der Waals surface area contributed by atoms with Gasteiger partial charge >= 0.3 is 5.51 Å². The van der Waals surface area contributed by atoms with Crippen LogP contribution in [0.3, 0.4) is 0 Å². The van der Waals surface area contributed by atoms with E-state index in [-0.39, 0.29) is 0 Å². The van der Waals surface area contributed by atoms with Crippen molar-refractivity contribution in [3.05, 3.63) is 0 Å². The van der Waals surface area contributed by atoms with Crippen LogP contribution >= 0.6 is 0 Å². The van der Waals surface area contributed by atoms with Gasteiger partial charge in [-0.05, 0) is 24.7 Å². The highest BCUT2D eigenvalue weighted by Gasteiger charge is 2.36. The number of unbranched alkanes of at least 4 members (excludes halogenated alkanes) is 14. The van der Waals surface area contributed by atoms with Crippen LogP contribution in [0.1, 0.15) is 124 Å². The molecular formula is C22H46F3NO3S. The molecule has 30 heavy (non-hydrogen) atoms. The molecule has 0 amide bonds. The summed E-state index contributed by atoms with van der Waals surface area (Å²) in [5.41, 5.74) is -1.21. The lowest BCUT2D eigenvalue weighted by molar-refractivity contribution is -0.368. The lowest BCUT2D eigenvalue weighted by Crippen LogP contribution is -2.50. The zero-order valence-electron chi connectivity index (χ0n) is 19.5. The molecule has 0 atom stereocenters. The number of halogens is 3. The van der Waals surface area contributed by atoms with E-state index in [9.17, 15) is 13.2 Å². The van der Waals surface area contributed by atoms with Crippen LogP contribution in [0.2, 0.25) is 0 Å². The Morgan fingerprint density at radius 1 is 0.633 bits per heavy atom. The third-order valence-electron chi connectivity index (χ3n) is 4.96. The second kappa shape index (κ2) is 18.3. The highest BCUT2D eigenvalue weighted by molar-refractivity contribution is 7.86. The first-order valence-corrected chi connectivity index (χ1v) is 13.0. The molecule has 0 saturated carbocycles.